The molecule has 2 aromatic rings. The quantitative estimate of drug-likeness (QED) is 0.464. The number of aliphatic hydroxyl groups excluding tert-OH is 1. The summed E-state index contributed by atoms with van der Waals surface area (Å²) in [7, 11) is 0. The van der Waals surface area contributed by atoms with E-state index < -0.39 is 36.1 Å². The highest BCUT2D eigenvalue weighted by Crippen LogP contribution is 2.33. The summed E-state index contributed by atoms with van der Waals surface area (Å²) in [5.74, 6) is -1.01. The number of amides is 3. The number of carbonyl (C=O) groups is 3. The Balaban J connectivity index is 1.77. The molecule has 1 aliphatic heterocycles. The third kappa shape index (κ3) is 5.93. The average Bonchev–Trinajstić information content (AvgIpc) is 3.52. The maximum atomic E-state index is 14.1. The molecule has 1 aliphatic carbocycles. The number of likely N-dealkylation sites (tertiary alicyclic amines) is 1. The number of nitrogens with one attached hydrogen (secondary N) is 2. The molecule has 1 saturated heterocycles. The fourth-order valence-corrected chi connectivity index (χ4v) is 5.20. The van der Waals surface area contributed by atoms with Gasteiger partial charge >= 0.3 is 6.09 Å². The molecule has 4 rings (SSSR count). The molecule has 0 spiro atoms. The smallest absolute Gasteiger partial charge is 0.408 e. The van der Waals surface area contributed by atoms with Crippen LogP contribution in [0.15, 0.2) is 30.5 Å². The first kappa shape index (κ1) is 26.6. The number of benzene rings is 1. The van der Waals surface area contributed by atoms with E-state index in [2.05, 4.69) is 41.5 Å². The van der Waals surface area contributed by atoms with Crippen molar-refractivity contribution >= 4 is 23.6 Å². The number of β-amino-alcohol motifs (C(OH)–C–C–N with tert-alkyl or cyclic N) is 1. The van der Waals surface area contributed by atoms with Crippen molar-refractivity contribution in [2.24, 2.45) is 0 Å². The van der Waals surface area contributed by atoms with Gasteiger partial charge in [-0.2, -0.15) is 0 Å². The zero-order valence-electron chi connectivity index (χ0n) is 21.6. The van der Waals surface area contributed by atoms with Crippen LogP contribution in [0.25, 0.3) is 0 Å². The molecule has 2 aliphatic rings. The Hall–Kier alpha value is -3.47. The molecular weight excluding hydrogens is 476 g/mol. The topological polar surface area (TPSA) is 152 Å². The van der Waals surface area contributed by atoms with E-state index in [1.807, 2.05) is 12.1 Å². The summed E-state index contributed by atoms with van der Waals surface area (Å²) in [5, 5.41) is 33.5. The largest absolute Gasteiger partial charge is 0.465 e. The lowest BCUT2D eigenvalue weighted by molar-refractivity contribution is -0.129. The Morgan fingerprint density at radius 3 is 2.38 bits per heavy atom. The maximum Gasteiger partial charge on any atom is 0.408 e. The number of aromatic nitrogens is 3. The molecule has 4 N–H and O–H groups in total. The fraction of sp³-hybridized carbons (Fsp3) is 0.577. The summed E-state index contributed by atoms with van der Waals surface area (Å²) < 4.78 is 0. The molecule has 1 unspecified atom stereocenters. The van der Waals surface area contributed by atoms with Crippen molar-refractivity contribution in [3.8, 4) is 0 Å². The van der Waals surface area contributed by atoms with E-state index in [-0.39, 0.29) is 30.1 Å². The average molecular weight is 513 g/mol. The van der Waals surface area contributed by atoms with E-state index in [1.54, 1.807) is 12.1 Å². The van der Waals surface area contributed by atoms with Gasteiger partial charge in [-0.25, -0.2) is 4.79 Å². The molecule has 2 heterocycles. The summed E-state index contributed by atoms with van der Waals surface area (Å²) in [6, 6.07) is 4.97. The molecule has 1 aromatic carbocycles. The van der Waals surface area contributed by atoms with Gasteiger partial charge in [-0.3, -0.25) is 24.5 Å². The molecule has 3 amide bonds. The van der Waals surface area contributed by atoms with Crippen LogP contribution in [-0.2, 0) is 15.0 Å². The predicted molar refractivity (Wildman–Crippen MR) is 136 cm³/mol. The predicted octanol–water partition coefficient (Wildman–Crippen LogP) is 2.74. The van der Waals surface area contributed by atoms with Gasteiger partial charge in [0.25, 0.3) is 5.91 Å². The van der Waals surface area contributed by atoms with Crippen molar-refractivity contribution in [3.05, 3.63) is 41.7 Å². The van der Waals surface area contributed by atoms with E-state index in [4.69, 9.17) is 0 Å². The Kier molecular flexibility index (Phi) is 7.82. The minimum Gasteiger partial charge on any atom is -0.465 e. The zero-order chi connectivity index (χ0) is 26.7. The zero-order valence-corrected chi connectivity index (χ0v) is 21.6. The van der Waals surface area contributed by atoms with Crippen LogP contribution in [-0.4, -0.2) is 73.2 Å². The summed E-state index contributed by atoms with van der Waals surface area (Å²) >= 11 is 0. The van der Waals surface area contributed by atoms with Crippen molar-refractivity contribution in [2.45, 2.75) is 88.9 Å². The van der Waals surface area contributed by atoms with Gasteiger partial charge in [0, 0.05) is 24.3 Å². The Morgan fingerprint density at radius 1 is 1.14 bits per heavy atom. The van der Waals surface area contributed by atoms with Gasteiger partial charge in [0.1, 0.15) is 11.7 Å². The van der Waals surface area contributed by atoms with Crippen LogP contribution in [0.2, 0.25) is 0 Å². The number of carboxylic acid groups (broad SMARTS) is 1. The number of anilines is 1. The number of hydrogen-bond donors (Lipinski definition) is 4. The van der Waals surface area contributed by atoms with Crippen LogP contribution in [0.1, 0.15) is 76.6 Å². The molecule has 200 valence electrons. The molecular formula is C26H36N6O5. The van der Waals surface area contributed by atoms with Gasteiger partial charge in [0.05, 0.1) is 12.6 Å². The van der Waals surface area contributed by atoms with Crippen LogP contribution in [0, 0.1) is 0 Å². The molecule has 11 heteroatoms. The number of rotatable bonds is 6. The standard InChI is InChI=1S/C26H36N6O5/c1-26(2,3)16-9-11-18(12-10-16)32(24(35)21-13-19(33)15-31(21)25(36)37)22(20-14-27-30-29-20)23(34)28-17-7-5-4-6-8-17/h9-12,14,17,19,21-22,33H,4-8,13,15H2,1-3H3,(H,28,34)(H,36,37)(H,27,29,30)/t19-,21-,22?/m1/s1. The summed E-state index contributed by atoms with van der Waals surface area (Å²) in [5.41, 5.74) is 1.57. The lowest BCUT2D eigenvalue weighted by Crippen LogP contribution is -2.53. The van der Waals surface area contributed by atoms with Gasteiger partial charge in [-0.1, -0.05) is 57.4 Å². The van der Waals surface area contributed by atoms with Gasteiger partial charge < -0.3 is 15.5 Å². The number of carbonyl (C=O) groups excluding carboxylic acids is 2. The number of H-pyrrole nitrogens is 1. The van der Waals surface area contributed by atoms with Gasteiger partial charge in [-0.05, 0) is 36.0 Å². The Labute approximate surface area is 216 Å². The molecule has 1 saturated carbocycles. The number of aliphatic hydroxyl groups is 1. The second kappa shape index (κ2) is 10.9. The third-order valence-electron chi connectivity index (χ3n) is 7.23. The van der Waals surface area contributed by atoms with E-state index in [9.17, 15) is 24.6 Å². The first-order valence-electron chi connectivity index (χ1n) is 12.8. The number of aromatic amines is 1. The molecule has 0 radical (unpaired) electrons. The fourth-order valence-electron chi connectivity index (χ4n) is 5.20. The highest BCUT2D eigenvalue weighted by atomic mass is 16.4. The minimum absolute atomic E-state index is 0.0142. The van der Waals surface area contributed by atoms with Crippen LogP contribution in [0.3, 0.4) is 0 Å². The Morgan fingerprint density at radius 2 is 1.81 bits per heavy atom. The SMILES string of the molecule is CC(C)(C)c1ccc(N(C(=O)[C@H]2C[C@@H](O)CN2C(=O)O)C(C(=O)NC2CCCCC2)c2c[nH]nn2)cc1. The summed E-state index contributed by atoms with van der Waals surface area (Å²) in [6.45, 7) is 6.05. The third-order valence-corrected chi connectivity index (χ3v) is 7.23. The second-order valence-electron chi connectivity index (χ2n) is 11.0. The molecule has 11 nitrogen and oxygen atoms in total. The van der Waals surface area contributed by atoms with Gasteiger partial charge in [-0.15, -0.1) is 5.10 Å². The van der Waals surface area contributed by atoms with Crippen molar-refractivity contribution in [1.29, 1.82) is 0 Å². The summed E-state index contributed by atoms with van der Waals surface area (Å²) in [6.07, 6.45) is 4.00. The van der Waals surface area contributed by atoms with Gasteiger partial charge in [0.2, 0.25) is 5.91 Å². The van der Waals surface area contributed by atoms with Gasteiger partial charge in [0.15, 0.2) is 6.04 Å². The summed E-state index contributed by atoms with van der Waals surface area (Å²) in [4.78, 5) is 42.0. The van der Waals surface area contributed by atoms with Crippen molar-refractivity contribution < 1.29 is 24.6 Å². The van der Waals surface area contributed by atoms with Crippen LogP contribution >= 0.6 is 0 Å². The number of nitrogens with zero attached hydrogens (tertiary/aromatic N) is 4. The lowest BCUT2D eigenvalue weighted by atomic mass is 9.87. The van der Waals surface area contributed by atoms with E-state index >= 15 is 0 Å². The van der Waals surface area contributed by atoms with E-state index in [1.165, 1.54) is 11.1 Å². The second-order valence-corrected chi connectivity index (χ2v) is 11.0. The molecule has 0 bridgehead atoms. The van der Waals surface area contributed by atoms with Crippen molar-refractivity contribution in [3.63, 3.8) is 0 Å². The molecule has 1 aromatic heterocycles. The first-order chi connectivity index (χ1) is 17.6. The van der Waals surface area contributed by atoms with Crippen molar-refractivity contribution in [2.75, 3.05) is 11.4 Å². The lowest BCUT2D eigenvalue weighted by Gasteiger charge is -2.35. The van der Waals surface area contributed by atoms with Crippen LogP contribution in [0.5, 0.6) is 0 Å². The monoisotopic (exact) mass is 512 g/mol. The normalized spacial score (nSPS) is 21.5. The van der Waals surface area contributed by atoms with E-state index in [0.717, 1.165) is 42.6 Å². The minimum atomic E-state index is -1.30. The Bertz CT molecular complexity index is 1090. The van der Waals surface area contributed by atoms with Crippen molar-refractivity contribution in [1.82, 2.24) is 25.6 Å². The highest BCUT2D eigenvalue weighted by Gasteiger charge is 2.45. The maximum absolute atomic E-state index is 14.1. The van der Waals surface area contributed by atoms with E-state index in [0.29, 0.717) is 5.69 Å². The highest BCUT2D eigenvalue weighted by molar-refractivity contribution is 6.04. The molecule has 2 fully saturated rings. The van der Waals surface area contributed by atoms with Crippen LogP contribution < -0.4 is 10.2 Å². The van der Waals surface area contributed by atoms with Crippen LogP contribution in [0.4, 0.5) is 10.5 Å². The first-order valence-corrected chi connectivity index (χ1v) is 12.8. The number of hydrogen-bond acceptors (Lipinski definition) is 6. The molecule has 3 atom stereocenters. The molecule has 37 heavy (non-hydrogen) atoms.